The maximum atomic E-state index is 11.7. The molecule has 1 unspecified atom stereocenters. The van der Waals surface area contributed by atoms with Crippen molar-refractivity contribution in [2.24, 2.45) is 11.5 Å². The molecule has 0 bridgehead atoms. The Kier molecular flexibility index (Phi) is 5.29. The average molecular weight is 251 g/mol. The highest BCUT2D eigenvalue weighted by atomic mass is 16.3. The highest BCUT2D eigenvalue weighted by Gasteiger charge is 2.20. The van der Waals surface area contributed by atoms with Crippen LogP contribution >= 0.6 is 0 Å². The number of benzene rings is 1. The number of hydrogen-bond donors (Lipinski definition) is 4. The lowest BCUT2D eigenvalue weighted by Gasteiger charge is -2.19. The lowest BCUT2D eigenvalue weighted by Crippen LogP contribution is -2.45. The molecule has 1 aromatic rings. The minimum atomic E-state index is -1.000. The van der Waals surface area contributed by atoms with Crippen LogP contribution in [-0.2, 0) is 9.59 Å². The van der Waals surface area contributed by atoms with E-state index in [4.69, 9.17) is 11.5 Å². The lowest BCUT2D eigenvalue weighted by atomic mass is 10.1. The number of rotatable bonds is 6. The number of aliphatic hydroxyl groups is 1. The summed E-state index contributed by atoms with van der Waals surface area (Å²) in [6, 6.07) is 7.44. The Labute approximate surface area is 105 Å². The zero-order chi connectivity index (χ0) is 13.5. The Morgan fingerprint density at radius 3 is 2.39 bits per heavy atom. The second kappa shape index (κ2) is 6.73. The Hall–Kier alpha value is -1.92. The minimum absolute atomic E-state index is 0.223. The van der Waals surface area contributed by atoms with Gasteiger partial charge in [0.2, 0.25) is 11.8 Å². The third-order valence-electron chi connectivity index (χ3n) is 2.46. The van der Waals surface area contributed by atoms with Gasteiger partial charge in [-0.2, -0.15) is 0 Å². The van der Waals surface area contributed by atoms with Crippen molar-refractivity contribution >= 4 is 11.8 Å². The van der Waals surface area contributed by atoms with Gasteiger partial charge < -0.3 is 21.9 Å². The van der Waals surface area contributed by atoms with E-state index in [0.717, 1.165) is 5.56 Å². The van der Waals surface area contributed by atoms with Gasteiger partial charge in [-0.25, -0.2) is 0 Å². The smallest absolute Gasteiger partial charge is 0.238 e. The molecule has 18 heavy (non-hydrogen) atoms. The molecule has 6 N–H and O–H groups in total. The van der Waals surface area contributed by atoms with Crippen LogP contribution in [0.1, 0.15) is 18.0 Å². The molecule has 2 amide bonds. The first-order valence-corrected chi connectivity index (χ1v) is 5.54. The van der Waals surface area contributed by atoms with Gasteiger partial charge in [-0.1, -0.05) is 30.3 Å². The fourth-order valence-electron chi connectivity index (χ4n) is 1.51. The summed E-state index contributed by atoms with van der Waals surface area (Å²) in [7, 11) is 0. The van der Waals surface area contributed by atoms with E-state index >= 15 is 0 Å². The van der Waals surface area contributed by atoms with Crippen molar-refractivity contribution in [3.05, 3.63) is 35.9 Å². The normalized spacial score (nSPS) is 13.7. The van der Waals surface area contributed by atoms with E-state index in [9.17, 15) is 14.7 Å². The van der Waals surface area contributed by atoms with E-state index in [1.807, 2.05) is 6.07 Å². The topological polar surface area (TPSA) is 118 Å². The van der Waals surface area contributed by atoms with Crippen LogP contribution in [0.5, 0.6) is 0 Å². The molecule has 0 heterocycles. The van der Waals surface area contributed by atoms with Gasteiger partial charge in [0.25, 0.3) is 0 Å². The summed E-state index contributed by atoms with van der Waals surface area (Å²) in [6.07, 6.45) is -0.223. The fraction of sp³-hybridized carbons (Fsp3) is 0.333. The molecule has 1 aromatic carbocycles. The zero-order valence-corrected chi connectivity index (χ0v) is 9.87. The molecule has 0 radical (unpaired) electrons. The molecule has 0 aromatic heterocycles. The third kappa shape index (κ3) is 4.15. The molecule has 6 heteroatoms. The number of carbonyl (C=O) groups is 2. The summed E-state index contributed by atoms with van der Waals surface area (Å²) >= 11 is 0. The lowest BCUT2D eigenvalue weighted by molar-refractivity contribution is -0.127. The Morgan fingerprint density at radius 2 is 1.89 bits per heavy atom. The predicted molar refractivity (Wildman–Crippen MR) is 66.2 cm³/mol. The molecule has 1 rings (SSSR count). The van der Waals surface area contributed by atoms with Crippen molar-refractivity contribution in [1.29, 1.82) is 0 Å². The van der Waals surface area contributed by atoms with Gasteiger partial charge in [0.05, 0.1) is 25.1 Å². The molecule has 2 atom stereocenters. The fourth-order valence-corrected chi connectivity index (χ4v) is 1.51. The monoisotopic (exact) mass is 251 g/mol. The molecule has 0 saturated carbocycles. The van der Waals surface area contributed by atoms with Gasteiger partial charge >= 0.3 is 0 Å². The number of aliphatic hydroxyl groups excluding tert-OH is 1. The molecule has 0 spiro atoms. The van der Waals surface area contributed by atoms with E-state index < -0.39 is 23.9 Å². The molecule has 0 aliphatic heterocycles. The third-order valence-corrected chi connectivity index (χ3v) is 2.46. The van der Waals surface area contributed by atoms with E-state index in [1.165, 1.54) is 0 Å². The van der Waals surface area contributed by atoms with E-state index in [2.05, 4.69) is 5.32 Å². The van der Waals surface area contributed by atoms with Crippen molar-refractivity contribution in [3.63, 3.8) is 0 Å². The van der Waals surface area contributed by atoms with Crippen LogP contribution in [0.4, 0.5) is 0 Å². The van der Waals surface area contributed by atoms with Gasteiger partial charge in [-0.05, 0) is 5.56 Å². The Balaban J connectivity index is 2.64. The van der Waals surface area contributed by atoms with Crippen molar-refractivity contribution in [1.82, 2.24) is 5.32 Å². The summed E-state index contributed by atoms with van der Waals surface area (Å²) in [5.41, 5.74) is 11.2. The van der Waals surface area contributed by atoms with Gasteiger partial charge in [-0.15, -0.1) is 0 Å². The second-order valence-corrected chi connectivity index (χ2v) is 3.93. The number of primary amides is 1. The maximum Gasteiger partial charge on any atom is 0.238 e. The van der Waals surface area contributed by atoms with Crippen LogP contribution < -0.4 is 16.8 Å². The molecule has 6 nitrogen and oxygen atoms in total. The van der Waals surface area contributed by atoms with E-state index in [-0.39, 0.29) is 13.0 Å². The quantitative estimate of drug-likeness (QED) is 0.520. The zero-order valence-electron chi connectivity index (χ0n) is 9.87. The van der Waals surface area contributed by atoms with Crippen molar-refractivity contribution < 1.29 is 14.7 Å². The minimum Gasteiger partial charge on any atom is -0.394 e. The molecule has 0 aliphatic rings. The number of carbonyl (C=O) groups excluding carboxylic acids is 2. The molecule has 0 aliphatic carbocycles. The standard InChI is InChI=1S/C12H17N3O3/c13-9(6-11(14)17)12(18)15-10(7-16)8-4-2-1-3-5-8/h1-5,9-10,16H,6-7,13H2,(H2,14,17)(H,15,18)/t9?,10-/m0/s1. The Morgan fingerprint density at radius 1 is 1.28 bits per heavy atom. The number of hydrogen-bond acceptors (Lipinski definition) is 4. The first-order chi connectivity index (χ1) is 8.54. The van der Waals surface area contributed by atoms with Crippen LogP contribution in [0.15, 0.2) is 30.3 Å². The van der Waals surface area contributed by atoms with Crippen LogP contribution in [0.2, 0.25) is 0 Å². The van der Waals surface area contributed by atoms with Crippen molar-refractivity contribution in [2.45, 2.75) is 18.5 Å². The van der Waals surface area contributed by atoms with Gasteiger partial charge in [0.1, 0.15) is 0 Å². The first-order valence-electron chi connectivity index (χ1n) is 5.54. The van der Waals surface area contributed by atoms with E-state index in [1.54, 1.807) is 24.3 Å². The predicted octanol–water partition coefficient (Wildman–Crippen LogP) is -0.961. The largest absolute Gasteiger partial charge is 0.394 e. The number of nitrogens with one attached hydrogen (secondary N) is 1. The number of nitrogens with two attached hydrogens (primary N) is 2. The highest BCUT2D eigenvalue weighted by molar-refractivity contribution is 5.87. The Bertz CT molecular complexity index is 408. The first kappa shape index (κ1) is 14.1. The SMILES string of the molecule is NC(=O)CC(N)C(=O)N[C@@H](CO)c1ccccc1. The van der Waals surface area contributed by atoms with Gasteiger partial charge in [-0.3, -0.25) is 9.59 Å². The second-order valence-electron chi connectivity index (χ2n) is 3.93. The molecule has 0 saturated heterocycles. The summed E-state index contributed by atoms with van der Waals surface area (Å²) < 4.78 is 0. The van der Waals surface area contributed by atoms with Crippen LogP contribution in [0.3, 0.4) is 0 Å². The van der Waals surface area contributed by atoms with Crippen molar-refractivity contribution in [3.8, 4) is 0 Å². The van der Waals surface area contributed by atoms with Gasteiger partial charge in [0.15, 0.2) is 0 Å². The summed E-state index contributed by atoms with van der Waals surface area (Å²) in [4.78, 5) is 22.3. The van der Waals surface area contributed by atoms with Crippen LogP contribution in [0.25, 0.3) is 0 Å². The van der Waals surface area contributed by atoms with Crippen LogP contribution in [-0.4, -0.2) is 29.6 Å². The molecule has 0 fully saturated rings. The van der Waals surface area contributed by atoms with Crippen molar-refractivity contribution in [2.75, 3.05) is 6.61 Å². The summed E-state index contributed by atoms with van der Waals surface area (Å²) in [5, 5.41) is 11.8. The highest BCUT2D eigenvalue weighted by Crippen LogP contribution is 2.11. The number of amides is 2. The summed E-state index contributed by atoms with van der Waals surface area (Å²) in [5.74, 6) is -1.16. The average Bonchev–Trinajstić information content (AvgIpc) is 2.35. The molecular weight excluding hydrogens is 234 g/mol. The molecule has 98 valence electrons. The maximum absolute atomic E-state index is 11.7. The van der Waals surface area contributed by atoms with E-state index in [0.29, 0.717) is 0 Å². The van der Waals surface area contributed by atoms with Crippen LogP contribution in [0, 0.1) is 0 Å². The summed E-state index contributed by atoms with van der Waals surface area (Å²) in [6.45, 7) is -0.251. The molecular formula is C12H17N3O3. The van der Waals surface area contributed by atoms with Gasteiger partial charge in [0, 0.05) is 0 Å².